The molecule has 1 N–H and O–H groups in total. The number of hydrogen-bond acceptors (Lipinski definition) is 6. The topological polar surface area (TPSA) is 103 Å². The van der Waals surface area contributed by atoms with Gasteiger partial charge in [-0.25, -0.2) is 4.39 Å². The van der Waals surface area contributed by atoms with Gasteiger partial charge in [0.25, 0.3) is 5.69 Å². The third-order valence-electron chi connectivity index (χ3n) is 3.88. The first-order chi connectivity index (χ1) is 14.4. The summed E-state index contributed by atoms with van der Waals surface area (Å²) in [5, 5.41) is 22.2. The van der Waals surface area contributed by atoms with E-state index in [0.717, 1.165) is 17.8 Å². The van der Waals surface area contributed by atoms with Gasteiger partial charge in [-0.15, -0.1) is 16.8 Å². The first kappa shape index (κ1) is 21.5. The van der Waals surface area contributed by atoms with Gasteiger partial charge in [0, 0.05) is 29.9 Å². The van der Waals surface area contributed by atoms with Crippen molar-refractivity contribution in [1.82, 2.24) is 14.8 Å². The Bertz CT molecular complexity index is 1120. The number of carbonyl (C=O) groups is 1. The molecule has 0 bridgehead atoms. The standard InChI is InChI=1S/C19H15ClFN5O3S/c1-2-8-25-18(12-4-3-5-14(9-12)26(28)29)23-24-19(25)30-11-17(27)22-13-6-7-16(21)15(20)10-13/h2-7,9-10H,1,8,11H2,(H,22,27). The van der Waals surface area contributed by atoms with Crippen LogP contribution in [0.5, 0.6) is 0 Å². The number of nitrogens with one attached hydrogen (secondary N) is 1. The SMILES string of the molecule is C=CCn1c(SCC(=O)Nc2ccc(F)c(Cl)c2)nnc1-c1cccc([N+](=O)[O-])c1. The number of aromatic nitrogens is 3. The molecule has 0 unspecified atom stereocenters. The molecule has 30 heavy (non-hydrogen) atoms. The molecule has 0 atom stereocenters. The lowest BCUT2D eigenvalue weighted by atomic mass is 10.2. The lowest BCUT2D eigenvalue weighted by Gasteiger charge is -2.08. The van der Waals surface area contributed by atoms with Crippen LogP contribution in [0, 0.1) is 15.9 Å². The highest BCUT2D eigenvalue weighted by atomic mass is 35.5. The molecule has 0 aliphatic carbocycles. The number of non-ortho nitro benzene ring substituents is 1. The van der Waals surface area contributed by atoms with E-state index in [4.69, 9.17) is 11.6 Å². The van der Waals surface area contributed by atoms with Gasteiger partial charge in [-0.3, -0.25) is 19.5 Å². The number of nitro groups is 1. The van der Waals surface area contributed by atoms with Crippen molar-refractivity contribution >= 4 is 40.6 Å². The lowest BCUT2D eigenvalue weighted by molar-refractivity contribution is -0.384. The summed E-state index contributed by atoms with van der Waals surface area (Å²) in [6.45, 7) is 4.06. The van der Waals surface area contributed by atoms with Crippen LogP contribution in [0.2, 0.25) is 5.02 Å². The van der Waals surface area contributed by atoms with Gasteiger partial charge in [-0.1, -0.05) is 41.6 Å². The second kappa shape index (κ2) is 9.51. The van der Waals surface area contributed by atoms with Crippen molar-refractivity contribution in [2.45, 2.75) is 11.7 Å². The van der Waals surface area contributed by atoms with E-state index in [1.54, 1.807) is 22.8 Å². The minimum atomic E-state index is -0.574. The maximum atomic E-state index is 13.2. The fourth-order valence-electron chi connectivity index (χ4n) is 2.56. The summed E-state index contributed by atoms with van der Waals surface area (Å²) >= 11 is 6.85. The molecule has 0 fully saturated rings. The molecule has 154 valence electrons. The van der Waals surface area contributed by atoms with Crippen molar-refractivity contribution in [2.24, 2.45) is 0 Å². The monoisotopic (exact) mass is 447 g/mol. The van der Waals surface area contributed by atoms with E-state index in [2.05, 4.69) is 22.1 Å². The maximum Gasteiger partial charge on any atom is 0.270 e. The Balaban J connectivity index is 1.75. The van der Waals surface area contributed by atoms with Crippen molar-refractivity contribution in [3.05, 3.63) is 76.1 Å². The Hall–Kier alpha value is -3.24. The molecule has 0 aliphatic heterocycles. The van der Waals surface area contributed by atoms with Crippen LogP contribution in [0.3, 0.4) is 0 Å². The molecule has 0 aliphatic rings. The number of nitrogens with zero attached hydrogens (tertiary/aromatic N) is 4. The van der Waals surface area contributed by atoms with Gasteiger partial charge in [0.1, 0.15) is 5.82 Å². The van der Waals surface area contributed by atoms with Crippen LogP contribution in [-0.2, 0) is 11.3 Å². The van der Waals surface area contributed by atoms with E-state index >= 15 is 0 Å². The van der Waals surface area contributed by atoms with Crippen LogP contribution in [0.1, 0.15) is 0 Å². The Labute approximate surface area is 179 Å². The molecule has 0 saturated carbocycles. The molecule has 3 rings (SSSR count). The van der Waals surface area contributed by atoms with E-state index in [1.165, 1.54) is 24.3 Å². The molecule has 3 aromatic rings. The smallest absolute Gasteiger partial charge is 0.270 e. The van der Waals surface area contributed by atoms with Crippen LogP contribution in [-0.4, -0.2) is 31.3 Å². The van der Waals surface area contributed by atoms with Crippen LogP contribution >= 0.6 is 23.4 Å². The summed E-state index contributed by atoms with van der Waals surface area (Å²) < 4.78 is 14.9. The number of hydrogen-bond donors (Lipinski definition) is 1. The zero-order valence-corrected chi connectivity index (χ0v) is 17.0. The molecule has 1 aromatic heterocycles. The molecule has 8 nitrogen and oxygen atoms in total. The van der Waals surface area contributed by atoms with E-state index in [0.29, 0.717) is 28.8 Å². The number of rotatable bonds is 8. The number of nitro benzene ring substituents is 1. The van der Waals surface area contributed by atoms with Crippen molar-refractivity contribution in [3.8, 4) is 11.4 Å². The first-order valence-electron chi connectivity index (χ1n) is 8.55. The quantitative estimate of drug-likeness (QED) is 0.235. The van der Waals surface area contributed by atoms with Gasteiger partial charge in [-0.2, -0.15) is 0 Å². The number of halogens is 2. The minimum absolute atomic E-state index is 0.0131. The first-order valence-corrected chi connectivity index (χ1v) is 9.92. The van der Waals surface area contributed by atoms with Gasteiger partial charge in [0.2, 0.25) is 5.91 Å². The van der Waals surface area contributed by atoms with Crippen LogP contribution in [0.15, 0.2) is 60.3 Å². The fraction of sp³-hybridized carbons (Fsp3) is 0.105. The van der Waals surface area contributed by atoms with E-state index in [1.807, 2.05) is 0 Å². The maximum absolute atomic E-state index is 13.2. The molecule has 1 amide bonds. The average molecular weight is 448 g/mol. The summed E-state index contributed by atoms with van der Waals surface area (Å²) in [4.78, 5) is 22.8. The van der Waals surface area contributed by atoms with Crippen molar-refractivity contribution in [3.63, 3.8) is 0 Å². The van der Waals surface area contributed by atoms with Gasteiger partial charge in [0.15, 0.2) is 11.0 Å². The van der Waals surface area contributed by atoms with Crippen LogP contribution in [0.4, 0.5) is 15.8 Å². The van der Waals surface area contributed by atoms with Crippen molar-refractivity contribution in [1.29, 1.82) is 0 Å². The van der Waals surface area contributed by atoms with Gasteiger partial charge in [0.05, 0.1) is 15.7 Å². The second-order valence-corrected chi connectivity index (χ2v) is 7.33. The average Bonchev–Trinajstić information content (AvgIpc) is 3.12. The molecule has 0 spiro atoms. The Kier molecular flexibility index (Phi) is 6.80. The van der Waals surface area contributed by atoms with Crippen molar-refractivity contribution < 1.29 is 14.1 Å². The second-order valence-electron chi connectivity index (χ2n) is 5.98. The third kappa shape index (κ3) is 5.02. The third-order valence-corrected chi connectivity index (χ3v) is 5.14. The highest BCUT2D eigenvalue weighted by Crippen LogP contribution is 2.27. The number of anilines is 1. The molecular weight excluding hydrogens is 433 g/mol. The molecule has 0 saturated heterocycles. The van der Waals surface area contributed by atoms with Gasteiger partial charge < -0.3 is 5.32 Å². The molecule has 11 heteroatoms. The molecule has 1 heterocycles. The van der Waals surface area contributed by atoms with Crippen LogP contribution in [0.25, 0.3) is 11.4 Å². The number of amides is 1. The Morgan fingerprint density at radius 1 is 1.33 bits per heavy atom. The van der Waals surface area contributed by atoms with E-state index in [-0.39, 0.29) is 22.4 Å². The predicted octanol–water partition coefficient (Wildman–Crippen LogP) is 4.56. The largest absolute Gasteiger partial charge is 0.325 e. The highest BCUT2D eigenvalue weighted by molar-refractivity contribution is 7.99. The number of carbonyl (C=O) groups excluding carboxylic acids is 1. The molecule has 0 radical (unpaired) electrons. The zero-order chi connectivity index (χ0) is 21.7. The predicted molar refractivity (Wildman–Crippen MR) is 113 cm³/mol. The molecule has 2 aromatic carbocycles. The van der Waals surface area contributed by atoms with Crippen LogP contribution < -0.4 is 5.32 Å². The van der Waals surface area contributed by atoms with E-state index in [9.17, 15) is 19.3 Å². The van der Waals surface area contributed by atoms with Gasteiger partial charge in [-0.05, 0) is 18.2 Å². The van der Waals surface area contributed by atoms with E-state index < -0.39 is 10.7 Å². The summed E-state index contributed by atoms with van der Waals surface area (Å²) in [7, 11) is 0. The summed E-state index contributed by atoms with van der Waals surface area (Å²) in [5.74, 6) is -0.478. The zero-order valence-electron chi connectivity index (χ0n) is 15.4. The Morgan fingerprint density at radius 2 is 2.13 bits per heavy atom. The number of thioether (sulfide) groups is 1. The summed E-state index contributed by atoms with van der Waals surface area (Å²) in [6, 6.07) is 9.94. The summed E-state index contributed by atoms with van der Waals surface area (Å²) in [5.41, 5.74) is 0.833. The lowest BCUT2D eigenvalue weighted by Crippen LogP contribution is -2.14. The Morgan fingerprint density at radius 3 is 2.83 bits per heavy atom. The van der Waals surface area contributed by atoms with Crippen molar-refractivity contribution in [2.75, 3.05) is 11.1 Å². The minimum Gasteiger partial charge on any atom is -0.325 e. The molecular formula is C19H15ClFN5O3S. The fourth-order valence-corrected chi connectivity index (χ4v) is 3.49. The normalized spacial score (nSPS) is 10.6. The number of benzene rings is 2. The summed E-state index contributed by atoms with van der Waals surface area (Å²) in [6.07, 6.45) is 1.63. The van der Waals surface area contributed by atoms with Gasteiger partial charge >= 0.3 is 0 Å². The highest BCUT2D eigenvalue weighted by Gasteiger charge is 2.17. The number of allylic oxidation sites excluding steroid dienone is 1.